The van der Waals surface area contributed by atoms with Crippen molar-refractivity contribution in [3.05, 3.63) is 84.5 Å². The number of esters is 1. The Kier molecular flexibility index (Phi) is 7.07. The molecule has 8 nitrogen and oxygen atoms in total. The number of fused-ring (bicyclic) bond motifs is 1. The number of rotatable bonds is 7. The van der Waals surface area contributed by atoms with Crippen LogP contribution >= 0.6 is 11.3 Å². The Morgan fingerprint density at radius 3 is 2.51 bits per heavy atom. The average molecular weight is 495 g/mol. The molecule has 2 aromatic carbocycles. The van der Waals surface area contributed by atoms with Crippen LogP contribution in [0.15, 0.2) is 63.5 Å². The van der Waals surface area contributed by atoms with Crippen molar-refractivity contribution < 1.29 is 23.7 Å². The highest BCUT2D eigenvalue weighted by Crippen LogP contribution is 2.32. The monoisotopic (exact) mass is 494 g/mol. The molecular formula is C26H26N2O6S. The molecule has 0 saturated heterocycles. The van der Waals surface area contributed by atoms with Crippen molar-refractivity contribution in [2.24, 2.45) is 4.99 Å². The van der Waals surface area contributed by atoms with E-state index in [0.717, 1.165) is 0 Å². The van der Waals surface area contributed by atoms with Crippen molar-refractivity contribution in [2.45, 2.75) is 19.9 Å². The van der Waals surface area contributed by atoms with Gasteiger partial charge >= 0.3 is 5.97 Å². The molecule has 0 fully saturated rings. The molecule has 9 heteroatoms. The predicted octanol–water partition coefficient (Wildman–Crippen LogP) is 2.82. The summed E-state index contributed by atoms with van der Waals surface area (Å²) >= 11 is 1.24. The van der Waals surface area contributed by atoms with E-state index in [0.29, 0.717) is 49.0 Å². The van der Waals surface area contributed by atoms with E-state index < -0.39 is 12.0 Å². The van der Waals surface area contributed by atoms with Gasteiger partial charge < -0.3 is 18.9 Å². The first-order chi connectivity index (χ1) is 16.9. The van der Waals surface area contributed by atoms with Gasteiger partial charge in [-0.2, -0.15) is 0 Å². The fourth-order valence-electron chi connectivity index (χ4n) is 4.01. The molecule has 1 aromatic heterocycles. The normalized spacial score (nSPS) is 15.3. The van der Waals surface area contributed by atoms with Gasteiger partial charge in [0.05, 0.1) is 49.8 Å². The molecule has 0 unspecified atom stereocenters. The number of nitrogens with zero attached hydrogens (tertiary/aromatic N) is 2. The molecule has 0 aliphatic carbocycles. The second kappa shape index (κ2) is 10.2. The number of benzene rings is 2. The summed E-state index contributed by atoms with van der Waals surface area (Å²) in [4.78, 5) is 31.8. The Bertz CT molecular complexity index is 1480. The van der Waals surface area contributed by atoms with E-state index in [2.05, 4.69) is 4.99 Å². The summed E-state index contributed by atoms with van der Waals surface area (Å²) in [6.07, 6.45) is 1.75. The van der Waals surface area contributed by atoms with Crippen molar-refractivity contribution in [3.63, 3.8) is 0 Å². The molecule has 0 spiro atoms. The molecule has 1 aliphatic heterocycles. The first-order valence-corrected chi connectivity index (χ1v) is 11.8. The lowest BCUT2D eigenvalue weighted by atomic mass is 9.95. The van der Waals surface area contributed by atoms with Gasteiger partial charge in [-0.05, 0) is 55.8 Å². The zero-order valence-corrected chi connectivity index (χ0v) is 21.0. The molecule has 0 N–H and O–H groups in total. The molecular weight excluding hydrogens is 468 g/mol. The van der Waals surface area contributed by atoms with E-state index in [1.807, 2.05) is 24.3 Å². The second-order valence-corrected chi connectivity index (χ2v) is 8.70. The third kappa shape index (κ3) is 4.59. The number of hydrogen-bond acceptors (Lipinski definition) is 8. The highest BCUT2D eigenvalue weighted by Gasteiger charge is 2.33. The Balaban J connectivity index is 1.98. The number of carbonyl (C=O) groups excluding carboxylic acids is 1. The van der Waals surface area contributed by atoms with Crippen molar-refractivity contribution in [3.8, 4) is 17.2 Å². The largest absolute Gasteiger partial charge is 0.497 e. The summed E-state index contributed by atoms with van der Waals surface area (Å²) in [5, 5.41) is 0. The summed E-state index contributed by atoms with van der Waals surface area (Å²) in [7, 11) is 4.71. The lowest BCUT2D eigenvalue weighted by molar-refractivity contribution is -0.139. The molecule has 3 aromatic rings. The predicted molar refractivity (Wildman–Crippen MR) is 133 cm³/mol. The van der Waals surface area contributed by atoms with E-state index >= 15 is 0 Å². The molecule has 1 aliphatic rings. The van der Waals surface area contributed by atoms with Crippen LogP contribution in [0.25, 0.3) is 6.08 Å². The van der Waals surface area contributed by atoms with Crippen molar-refractivity contribution in [2.75, 3.05) is 27.9 Å². The lowest BCUT2D eigenvalue weighted by Gasteiger charge is -2.25. The molecule has 35 heavy (non-hydrogen) atoms. The quantitative estimate of drug-likeness (QED) is 0.470. The third-order valence-electron chi connectivity index (χ3n) is 5.65. The van der Waals surface area contributed by atoms with Crippen molar-refractivity contribution in [1.82, 2.24) is 4.57 Å². The van der Waals surface area contributed by atoms with Gasteiger partial charge in [-0.15, -0.1) is 0 Å². The van der Waals surface area contributed by atoms with Gasteiger partial charge in [-0.3, -0.25) is 9.36 Å². The summed E-state index contributed by atoms with van der Waals surface area (Å²) in [5.74, 6) is 1.35. The first kappa shape index (κ1) is 24.3. The van der Waals surface area contributed by atoms with Crippen LogP contribution in [0.2, 0.25) is 0 Å². The minimum atomic E-state index is -0.713. The van der Waals surface area contributed by atoms with Crippen LogP contribution in [0.5, 0.6) is 17.2 Å². The average Bonchev–Trinajstić information content (AvgIpc) is 3.17. The summed E-state index contributed by atoms with van der Waals surface area (Å²) < 4.78 is 23.5. The van der Waals surface area contributed by atoms with Gasteiger partial charge in [0.1, 0.15) is 17.2 Å². The highest BCUT2D eigenvalue weighted by atomic mass is 32.1. The first-order valence-electron chi connectivity index (χ1n) is 11.0. The van der Waals surface area contributed by atoms with Crippen LogP contribution in [0.3, 0.4) is 0 Å². The van der Waals surface area contributed by atoms with Crippen molar-refractivity contribution >= 4 is 23.4 Å². The van der Waals surface area contributed by atoms with Crippen LogP contribution in [-0.2, 0) is 9.53 Å². The summed E-state index contributed by atoms with van der Waals surface area (Å²) in [5.41, 5.74) is 1.95. The molecule has 0 amide bonds. The van der Waals surface area contributed by atoms with E-state index in [4.69, 9.17) is 18.9 Å². The summed E-state index contributed by atoms with van der Waals surface area (Å²) in [6.45, 7) is 3.70. The van der Waals surface area contributed by atoms with Gasteiger partial charge in [-0.25, -0.2) is 9.79 Å². The highest BCUT2D eigenvalue weighted by molar-refractivity contribution is 7.07. The fraction of sp³-hybridized carbons (Fsp3) is 0.269. The van der Waals surface area contributed by atoms with E-state index in [9.17, 15) is 9.59 Å². The van der Waals surface area contributed by atoms with Gasteiger partial charge in [0.25, 0.3) is 5.56 Å². The maximum Gasteiger partial charge on any atom is 0.338 e. The maximum absolute atomic E-state index is 13.7. The molecule has 0 saturated carbocycles. The minimum Gasteiger partial charge on any atom is -0.497 e. The Labute approximate surface area is 206 Å². The standard InChI is InChI=1S/C26H26N2O6S/c1-6-34-25(30)22-15(2)27-26-28(23(22)16-8-7-9-18(12-16)31-3)24(29)21(35-26)14-17-13-19(32-4)10-11-20(17)33-5/h7-14,23H,6H2,1-5H3/b21-14-/t23-/m0/s1. The number of carbonyl (C=O) groups is 1. The zero-order chi connectivity index (χ0) is 25.1. The minimum absolute atomic E-state index is 0.209. The van der Waals surface area contributed by atoms with Crippen LogP contribution in [0.1, 0.15) is 31.0 Å². The SMILES string of the molecule is CCOC(=O)C1=C(C)N=c2s/c(=C\c3cc(OC)ccc3OC)c(=O)n2[C@H]1c1cccc(OC)c1. The topological polar surface area (TPSA) is 88.4 Å². The van der Waals surface area contributed by atoms with Gasteiger partial charge in [0, 0.05) is 5.56 Å². The molecule has 0 radical (unpaired) electrons. The van der Waals surface area contributed by atoms with Crippen LogP contribution in [-0.4, -0.2) is 38.5 Å². The van der Waals surface area contributed by atoms with E-state index in [-0.39, 0.29) is 12.2 Å². The molecule has 0 bridgehead atoms. The van der Waals surface area contributed by atoms with Gasteiger partial charge in [-0.1, -0.05) is 23.5 Å². The zero-order valence-electron chi connectivity index (χ0n) is 20.2. The number of aromatic nitrogens is 1. The number of hydrogen-bond donors (Lipinski definition) is 0. The number of allylic oxidation sites excluding steroid dienone is 1. The van der Waals surface area contributed by atoms with Gasteiger partial charge in [0.2, 0.25) is 0 Å². The molecule has 2 heterocycles. The third-order valence-corrected chi connectivity index (χ3v) is 6.63. The number of thiazole rings is 1. The molecule has 1 atom stereocenters. The van der Waals surface area contributed by atoms with Crippen LogP contribution in [0.4, 0.5) is 0 Å². The smallest absolute Gasteiger partial charge is 0.338 e. The summed E-state index contributed by atoms with van der Waals surface area (Å²) in [6, 6.07) is 11.9. The Hall–Kier alpha value is -3.85. The van der Waals surface area contributed by atoms with Crippen LogP contribution in [0, 0.1) is 0 Å². The van der Waals surface area contributed by atoms with E-state index in [1.54, 1.807) is 59.5 Å². The van der Waals surface area contributed by atoms with Gasteiger partial charge in [0.15, 0.2) is 4.80 Å². The second-order valence-electron chi connectivity index (χ2n) is 7.69. The Morgan fingerprint density at radius 2 is 1.83 bits per heavy atom. The van der Waals surface area contributed by atoms with E-state index in [1.165, 1.54) is 15.9 Å². The number of ether oxygens (including phenoxy) is 4. The molecule has 182 valence electrons. The fourth-order valence-corrected chi connectivity index (χ4v) is 5.05. The molecule has 4 rings (SSSR count). The maximum atomic E-state index is 13.7. The lowest BCUT2D eigenvalue weighted by Crippen LogP contribution is -2.39. The van der Waals surface area contributed by atoms with Crippen molar-refractivity contribution in [1.29, 1.82) is 0 Å². The van der Waals surface area contributed by atoms with Crippen LogP contribution < -0.4 is 29.1 Å². The Morgan fingerprint density at radius 1 is 1.09 bits per heavy atom. The number of methoxy groups -OCH3 is 3.